The molecule has 0 aliphatic heterocycles. The fraction of sp³-hybridized carbons (Fsp3) is 0.125. The summed E-state index contributed by atoms with van der Waals surface area (Å²) >= 11 is 0. The number of rotatable bonds is 3. The molecule has 2 rings (SSSR count). The van der Waals surface area contributed by atoms with Crippen molar-refractivity contribution < 1.29 is 14.6 Å². The summed E-state index contributed by atoms with van der Waals surface area (Å²) in [4.78, 5) is 13.8. The first kappa shape index (κ1) is 14.4. The number of carbonyl (C=O) groups excluding carboxylic acids is 1. The van der Waals surface area contributed by atoms with Gasteiger partial charge in [0.15, 0.2) is 0 Å². The lowest BCUT2D eigenvalue weighted by atomic mass is 10.1. The fourth-order valence-electron chi connectivity index (χ4n) is 1.97. The van der Waals surface area contributed by atoms with E-state index in [1.54, 1.807) is 37.4 Å². The molecular formula is C16H14N2O3. The molecule has 0 unspecified atom stereocenters. The summed E-state index contributed by atoms with van der Waals surface area (Å²) in [7, 11) is 3.04. The second-order valence-electron chi connectivity index (χ2n) is 4.38. The third-order valence-electron chi connectivity index (χ3n) is 3.13. The number of hydrogen-bond donors (Lipinski definition) is 1. The zero-order chi connectivity index (χ0) is 15.4. The van der Waals surface area contributed by atoms with E-state index in [-0.39, 0.29) is 11.3 Å². The molecule has 0 saturated heterocycles. The van der Waals surface area contributed by atoms with Crippen LogP contribution in [0.5, 0.6) is 11.5 Å². The van der Waals surface area contributed by atoms with Crippen molar-refractivity contribution >= 4 is 11.6 Å². The maximum absolute atomic E-state index is 12.4. The number of para-hydroxylation sites is 1. The van der Waals surface area contributed by atoms with Crippen molar-refractivity contribution in [2.24, 2.45) is 0 Å². The number of phenols is 1. The van der Waals surface area contributed by atoms with E-state index in [2.05, 4.69) is 0 Å². The van der Waals surface area contributed by atoms with Crippen molar-refractivity contribution in [3.8, 4) is 17.6 Å². The molecule has 0 saturated carbocycles. The first-order chi connectivity index (χ1) is 10.1. The van der Waals surface area contributed by atoms with Crippen LogP contribution < -0.4 is 9.64 Å². The van der Waals surface area contributed by atoms with Crippen LogP contribution in [0.15, 0.2) is 42.5 Å². The topological polar surface area (TPSA) is 73.6 Å². The van der Waals surface area contributed by atoms with Crippen LogP contribution in [0.2, 0.25) is 0 Å². The van der Waals surface area contributed by atoms with Crippen molar-refractivity contribution in [2.45, 2.75) is 0 Å². The number of ether oxygens (including phenoxy) is 1. The quantitative estimate of drug-likeness (QED) is 0.938. The van der Waals surface area contributed by atoms with Gasteiger partial charge in [-0.2, -0.15) is 5.26 Å². The Hall–Kier alpha value is -3.00. The molecule has 5 nitrogen and oxygen atoms in total. The predicted octanol–water partition coefficient (Wildman–Crippen LogP) is 2.55. The molecule has 1 N–H and O–H groups in total. The average Bonchev–Trinajstić information content (AvgIpc) is 2.53. The first-order valence-electron chi connectivity index (χ1n) is 6.22. The number of nitrogens with zero attached hydrogens (tertiary/aromatic N) is 2. The van der Waals surface area contributed by atoms with Crippen LogP contribution in [-0.4, -0.2) is 25.2 Å². The van der Waals surface area contributed by atoms with Gasteiger partial charge in [-0.1, -0.05) is 12.1 Å². The van der Waals surface area contributed by atoms with Gasteiger partial charge in [-0.05, 0) is 24.3 Å². The predicted molar refractivity (Wildman–Crippen MR) is 78.5 cm³/mol. The Morgan fingerprint density at radius 1 is 1.29 bits per heavy atom. The Labute approximate surface area is 122 Å². The Morgan fingerprint density at radius 2 is 2.00 bits per heavy atom. The molecule has 0 aliphatic carbocycles. The molecule has 0 radical (unpaired) electrons. The van der Waals surface area contributed by atoms with Gasteiger partial charge in [0.25, 0.3) is 5.91 Å². The second-order valence-corrected chi connectivity index (χ2v) is 4.38. The Morgan fingerprint density at radius 3 is 2.62 bits per heavy atom. The summed E-state index contributed by atoms with van der Waals surface area (Å²) in [5.41, 5.74) is 1.02. The van der Waals surface area contributed by atoms with Crippen molar-refractivity contribution in [3.63, 3.8) is 0 Å². The molecule has 21 heavy (non-hydrogen) atoms. The van der Waals surface area contributed by atoms with Gasteiger partial charge in [0.05, 0.1) is 23.9 Å². The van der Waals surface area contributed by atoms with Crippen LogP contribution in [0.1, 0.15) is 15.9 Å². The number of aromatic hydroxyl groups is 1. The third kappa shape index (κ3) is 2.79. The molecule has 0 heterocycles. The average molecular weight is 282 g/mol. The molecule has 0 spiro atoms. The number of carbonyl (C=O) groups is 1. The number of nitriles is 1. The summed E-state index contributed by atoms with van der Waals surface area (Å²) in [6, 6.07) is 13.3. The largest absolute Gasteiger partial charge is 0.507 e. The number of amides is 1. The SMILES string of the molecule is COc1ccc(C(=O)N(C)c2ccccc2C#N)c(O)c1. The summed E-state index contributed by atoms with van der Waals surface area (Å²) in [6.07, 6.45) is 0. The molecule has 0 aliphatic rings. The number of anilines is 1. The minimum Gasteiger partial charge on any atom is -0.507 e. The minimum atomic E-state index is -0.405. The van der Waals surface area contributed by atoms with Crippen molar-refractivity contribution in [1.29, 1.82) is 5.26 Å². The molecule has 0 bridgehead atoms. The minimum absolute atomic E-state index is 0.144. The molecular weight excluding hydrogens is 268 g/mol. The maximum atomic E-state index is 12.4. The van der Waals surface area contributed by atoms with E-state index in [9.17, 15) is 9.90 Å². The van der Waals surface area contributed by atoms with Crippen LogP contribution in [0, 0.1) is 11.3 Å². The van der Waals surface area contributed by atoms with Crippen LogP contribution in [0.4, 0.5) is 5.69 Å². The number of hydrogen-bond acceptors (Lipinski definition) is 4. The van der Waals surface area contributed by atoms with Gasteiger partial charge in [-0.15, -0.1) is 0 Å². The highest BCUT2D eigenvalue weighted by Gasteiger charge is 2.19. The lowest BCUT2D eigenvalue weighted by Gasteiger charge is -2.19. The van der Waals surface area contributed by atoms with Crippen LogP contribution in [0.25, 0.3) is 0 Å². The highest BCUT2D eigenvalue weighted by molar-refractivity contribution is 6.08. The van der Waals surface area contributed by atoms with E-state index >= 15 is 0 Å². The Bertz CT molecular complexity index is 720. The highest BCUT2D eigenvalue weighted by Crippen LogP contribution is 2.27. The zero-order valence-electron chi connectivity index (χ0n) is 11.7. The third-order valence-corrected chi connectivity index (χ3v) is 3.13. The molecule has 1 amide bonds. The molecule has 0 fully saturated rings. The summed E-state index contributed by atoms with van der Waals surface area (Å²) < 4.78 is 4.98. The standard InChI is InChI=1S/C16H14N2O3/c1-18(14-6-4-3-5-11(14)10-17)16(20)13-8-7-12(21-2)9-15(13)19/h3-9,19H,1-2H3. The van der Waals surface area contributed by atoms with Crippen molar-refractivity contribution in [2.75, 3.05) is 19.1 Å². The van der Waals surface area contributed by atoms with E-state index in [4.69, 9.17) is 10.00 Å². The maximum Gasteiger partial charge on any atom is 0.261 e. The van der Waals surface area contributed by atoms with E-state index in [0.29, 0.717) is 17.0 Å². The smallest absolute Gasteiger partial charge is 0.261 e. The van der Waals surface area contributed by atoms with Gasteiger partial charge < -0.3 is 14.7 Å². The molecule has 5 heteroatoms. The summed E-state index contributed by atoms with van der Waals surface area (Å²) in [6.45, 7) is 0. The van der Waals surface area contributed by atoms with Crippen molar-refractivity contribution in [1.82, 2.24) is 0 Å². The van der Waals surface area contributed by atoms with Gasteiger partial charge in [0.1, 0.15) is 17.6 Å². The zero-order valence-corrected chi connectivity index (χ0v) is 11.7. The van der Waals surface area contributed by atoms with Gasteiger partial charge in [-0.25, -0.2) is 0 Å². The number of benzene rings is 2. The normalized spacial score (nSPS) is 9.76. The van der Waals surface area contributed by atoms with Gasteiger partial charge >= 0.3 is 0 Å². The van der Waals surface area contributed by atoms with E-state index in [0.717, 1.165) is 0 Å². The second kappa shape index (κ2) is 5.97. The van der Waals surface area contributed by atoms with Crippen LogP contribution >= 0.6 is 0 Å². The van der Waals surface area contributed by atoms with E-state index in [1.807, 2.05) is 6.07 Å². The van der Waals surface area contributed by atoms with Crippen LogP contribution in [0.3, 0.4) is 0 Å². The number of phenolic OH excluding ortho intramolecular Hbond substituents is 1. The van der Waals surface area contributed by atoms with E-state index in [1.165, 1.54) is 24.1 Å². The molecule has 2 aromatic carbocycles. The highest BCUT2D eigenvalue weighted by atomic mass is 16.5. The van der Waals surface area contributed by atoms with E-state index < -0.39 is 5.91 Å². The van der Waals surface area contributed by atoms with Crippen LogP contribution in [-0.2, 0) is 0 Å². The van der Waals surface area contributed by atoms with Gasteiger partial charge in [0.2, 0.25) is 0 Å². The molecule has 0 atom stereocenters. The molecule has 106 valence electrons. The molecule has 2 aromatic rings. The fourth-order valence-corrected chi connectivity index (χ4v) is 1.97. The first-order valence-corrected chi connectivity index (χ1v) is 6.22. The summed E-state index contributed by atoms with van der Waals surface area (Å²) in [5.74, 6) is -0.109. The van der Waals surface area contributed by atoms with Gasteiger partial charge in [0, 0.05) is 13.1 Å². The van der Waals surface area contributed by atoms with Gasteiger partial charge in [-0.3, -0.25) is 4.79 Å². The summed E-state index contributed by atoms with van der Waals surface area (Å²) in [5, 5.41) is 19.0. The number of methoxy groups -OCH3 is 1. The van der Waals surface area contributed by atoms with Crippen molar-refractivity contribution in [3.05, 3.63) is 53.6 Å². The Kier molecular flexibility index (Phi) is 4.10. The monoisotopic (exact) mass is 282 g/mol. The lowest BCUT2D eigenvalue weighted by Crippen LogP contribution is -2.27. The Balaban J connectivity index is 2.38. The molecule has 0 aromatic heterocycles. The lowest BCUT2D eigenvalue weighted by molar-refractivity contribution is 0.0990.